The summed E-state index contributed by atoms with van der Waals surface area (Å²) in [6, 6.07) is 6.72. The smallest absolute Gasteiger partial charge is 0.358 e. The molecule has 0 radical (unpaired) electrons. The monoisotopic (exact) mass is 386 g/mol. The number of nitrogens with zero attached hydrogens (tertiary/aromatic N) is 5. The number of carbonyl (C=O) groups excluding carboxylic acids is 1. The summed E-state index contributed by atoms with van der Waals surface area (Å²) in [5.74, 6) is -0.947. The van der Waals surface area contributed by atoms with Gasteiger partial charge in [0.25, 0.3) is 5.91 Å². The average Bonchev–Trinajstić information content (AvgIpc) is 3.25. The van der Waals surface area contributed by atoms with Crippen molar-refractivity contribution in [2.24, 2.45) is 0 Å². The molecule has 2 heterocycles. The number of hydrogen-bond donors (Lipinski definition) is 1. The summed E-state index contributed by atoms with van der Waals surface area (Å²) in [4.78, 5) is 23.0. The SMILES string of the molecule is CCC(C(=O)Nc1cnn(Cc2ccc(F)cc2)c1)n1nc([N+](=O)[O-])cc1C. The highest BCUT2D eigenvalue weighted by Gasteiger charge is 2.27. The van der Waals surface area contributed by atoms with E-state index in [0.717, 1.165) is 5.56 Å². The number of anilines is 1. The number of aromatic nitrogens is 4. The lowest BCUT2D eigenvalue weighted by atomic mass is 10.2. The van der Waals surface area contributed by atoms with E-state index in [9.17, 15) is 19.3 Å². The molecule has 28 heavy (non-hydrogen) atoms. The first kappa shape index (κ1) is 19.2. The van der Waals surface area contributed by atoms with Gasteiger partial charge in [0.2, 0.25) is 0 Å². The van der Waals surface area contributed by atoms with E-state index < -0.39 is 11.0 Å². The van der Waals surface area contributed by atoms with Crippen LogP contribution in [0, 0.1) is 22.9 Å². The zero-order valence-corrected chi connectivity index (χ0v) is 15.4. The number of carbonyl (C=O) groups is 1. The molecule has 3 aromatic rings. The minimum Gasteiger partial charge on any atom is -0.358 e. The van der Waals surface area contributed by atoms with Crippen molar-refractivity contribution in [2.45, 2.75) is 32.9 Å². The predicted octanol–water partition coefficient (Wildman–Crippen LogP) is 3.07. The van der Waals surface area contributed by atoms with Gasteiger partial charge in [0.1, 0.15) is 5.82 Å². The van der Waals surface area contributed by atoms with E-state index in [1.165, 1.54) is 29.1 Å². The van der Waals surface area contributed by atoms with Crippen LogP contribution in [0.15, 0.2) is 42.7 Å². The summed E-state index contributed by atoms with van der Waals surface area (Å²) in [6.07, 6.45) is 3.58. The molecule has 0 spiro atoms. The molecule has 2 aromatic heterocycles. The van der Waals surface area contributed by atoms with Crippen molar-refractivity contribution in [3.63, 3.8) is 0 Å². The molecule has 0 aliphatic rings. The second kappa shape index (κ2) is 7.99. The molecule has 3 rings (SSSR count). The maximum absolute atomic E-state index is 13.0. The van der Waals surface area contributed by atoms with Crippen molar-refractivity contribution >= 4 is 17.4 Å². The van der Waals surface area contributed by atoms with Crippen molar-refractivity contribution in [3.05, 3.63) is 69.9 Å². The second-order valence-electron chi connectivity index (χ2n) is 6.31. The predicted molar refractivity (Wildman–Crippen MR) is 99.3 cm³/mol. The fourth-order valence-electron chi connectivity index (χ4n) is 2.86. The van der Waals surface area contributed by atoms with Crippen LogP contribution in [0.1, 0.15) is 30.6 Å². The summed E-state index contributed by atoms with van der Waals surface area (Å²) in [6.45, 7) is 3.89. The van der Waals surface area contributed by atoms with Crippen molar-refractivity contribution in [3.8, 4) is 0 Å². The molecule has 1 N–H and O–H groups in total. The van der Waals surface area contributed by atoms with Crippen LogP contribution in [0.25, 0.3) is 0 Å². The maximum Gasteiger partial charge on any atom is 0.390 e. The van der Waals surface area contributed by atoms with E-state index >= 15 is 0 Å². The summed E-state index contributed by atoms with van der Waals surface area (Å²) < 4.78 is 16.0. The summed E-state index contributed by atoms with van der Waals surface area (Å²) in [5, 5.41) is 21.8. The van der Waals surface area contributed by atoms with Gasteiger partial charge >= 0.3 is 5.82 Å². The van der Waals surface area contributed by atoms with Crippen LogP contribution in [0.2, 0.25) is 0 Å². The fraction of sp³-hybridized carbons (Fsp3) is 0.278. The number of nitrogens with one attached hydrogen (secondary N) is 1. The Balaban J connectivity index is 1.70. The highest BCUT2D eigenvalue weighted by Crippen LogP contribution is 2.20. The molecule has 0 fully saturated rings. The van der Waals surface area contributed by atoms with Crippen LogP contribution in [0.3, 0.4) is 0 Å². The Morgan fingerprint density at radius 2 is 2.07 bits per heavy atom. The summed E-state index contributed by atoms with van der Waals surface area (Å²) in [7, 11) is 0. The first-order valence-corrected chi connectivity index (χ1v) is 8.65. The van der Waals surface area contributed by atoms with Gasteiger partial charge in [-0.25, -0.2) is 4.39 Å². The van der Waals surface area contributed by atoms with E-state index in [4.69, 9.17) is 0 Å². The van der Waals surface area contributed by atoms with Crippen molar-refractivity contribution in [1.29, 1.82) is 0 Å². The normalized spacial score (nSPS) is 12.0. The number of halogens is 1. The summed E-state index contributed by atoms with van der Waals surface area (Å²) >= 11 is 0. The van der Waals surface area contributed by atoms with Gasteiger partial charge in [0.05, 0.1) is 35.3 Å². The van der Waals surface area contributed by atoms with Gasteiger partial charge in [0, 0.05) is 6.20 Å². The Kier molecular flexibility index (Phi) is 5.48. The van der Waals surface area contributed by atoms with Gasteiger partial charge in [-0.3, -0.25) is 9.48 Å². The Hall–Kier alpha value is -3.56. The molecular formula is C18H19FN6O3. The Morgan fingerprint density at radius 3 is 2.68 bits per heavy atom. The Bertz CT molecular complexity index is 995. The topological polar surface area (TPSA) is 108 Å². The molecule has 0 saturated carbocycles. The number of hydrogen-bond acceptors (Lipinski definition) is 5. The summed E-state index contributed by atoms with van der Waals surface area (Å²) in [5.41, 5.74) is 1.89. The second-order valence-corrected chi connectivity index (χ2v) is 6.31. The lowest BCUT2D eigenvalue weighted by Gasteiger charge is -2.13. The number of rotatable bonds is 7. The molecule has 0 aliphatic carbocycles. The maximum atomic E-state index is 13.0. The van der Waals surface area contributed by atoms with Gasteiger partial charge in [-0.15, -0.1) is 0 Å². The van der Waals surface area contributed by atoms with E-state index in [-0.39, 0.29) is 17.5 Å². The minimum absolute atomic E-state index is 0.295. The van der Waals surface area contributed by atoms with Gasteiger partial charge in [0.15, 0.2) is 6.04 Å². The van der Waals surface area contributed by atoms with E-state index in [1.807, 2.05) is 0 Å². The Morgan fingerprint density at radius 1 is 1.36 bits per heavy atom. The minimum atomic E-state index is -0.686. The molecule has 1 unspecified atom stereocenters. The third kappa shape index (κ3) is 4.22. The highest BCUT2D eigenvalue weighted by atomic mass is 19.1. The van der Waals surface area contributed by atoms with Crippen molar-refractivity contribution in [2.75, 3.05) is 5.32 Å². The number of benzene rings is 1. The van der Waals surface area contributed by atoms with Gasteiger partial charge < -0.3 is 15.4 Å². The number of nitro groups is 1. The first-order valence-electron chi connectivity index (χ1n) is 8.65. The molecule has 1 aromatic carbocycles. The van der Waals surface area contributed by atoms with Crippen LogP contribution >= 0.6 is 0 Å². The quantitative estimate of drug-likeness (QED) is 0.496. The Labute approximate surface area is 159 Å². The van der Waals surface area contributed by atoms with Crippen LogP contribution in [-0.2, 0) is 11.3 Å². The molecular weight excluding hydrogens is 367 g/mol. The molecule has 10 heteroatoms. The molecule has 0 aliphatic heterocycles. The lowest BCUT2D eigenvalue weighted by Crippen LogP contribution is -2.27. The zero-order valence-electron chi connectivity index (χ0n) is 15.4. The third-order valence-electron chi connectivity index (χ3n) is 4.24. The highest BCUT2D eigenvalue weighted by molar-refractivity contribution is 5.93. The zero-order chi connectivity index (χ0) is 20.3. The van der Waals surface area contributed by atoms with Gasteiger partial charge in [-0.2, -0.15) is 9.78 Å². The molecule has 146 valence electrons. The molecule has 1 atom stereocenters. The first-order chi connectivity index (χ1) is 13.4. The van der Waals surface area contributed by atoms with Crippen LogP contribution in [0.5, 0.6) is 0 Å². The van der Waals surface area contributed by atoms with Crippen LogP contribution in [0.4, 0.5) is 15.9 Å². The number of aryl methyl sites for hydroxylation is 1. The standard InChI is InChI=1S/C18H19FN6O3/c1-3-16(24-12(2)8-17(22-24)25(27)28)18(26)21-15-9-20-23(11-15)10-13-4-6-14(19)7-5-13/h4-9,11,16H,3,10H2,1-2H3,(H,21,26). The number of amides is 1. The molecule has 0 saturated heterocycles. The van der Waals surface area contributed by atoms with E-state index in [2.05, 4.69) is 15.5 Å². The van der Waals surface area contributed by atoms with Crippen LogP contribution in [-0.4, -0.2) is 30.4 Å². The van der Waals surface area contributed by atoms with E-state index in [0.29, 0.717) is 24.3 Å². The average molecular weight is 386 g/mol. The van der Waals surface area contributed by atoms with E-state index in [1.54, 1.807) is 36.9 Å². The molecule has 9 nitrogen and oxygen atoms in total. The van der Waals surface area contributed by atoms with Gasteiger partial charge in [-0.05, 0) is 36.0 Å². The molecule has 0 bridgehead atoms. The fourth-order valence-corrected chi connectivity index (χ4v) is 2.86. The lowest BCUT2D eigenvalue weighted by molar-refractivity contribution is -0.389. The van der Waals surface area contributed by atoms with Crippen molar-refractivity contribution in [1.82, 2.24) is 19.6 Å². The van der Waals surface area contributed by atoms with Gasteiger partial charge in [-0.1, -0.05) is 19.1 Å². The largest absolute Gasteiger partial charge is 0.390 e. The third-order valence-corrected chi connectivity index (χ3v) is 4.24. The van der Waals surface area contributed by atoms with Crippen molar-refractivity contribution < 1.29 is 14.1 Å². The molecule has 1 amide bonds. The van der Waals surface area contributed by atoms with Crippen LogP contribution < -0.4 is 5.32 Å².